The number of rotatable bonds is 6. The number of nitro groups is 1. The standard InChI is InChI=1S/C27H17F3N4O7S2/c28-27(29,30)13-3-1-4-14(11-13)31-18(35)12-32-25-22(43-26(32)38)19(17-5-2-10-41-17)20-21(42-25)24(37)33(23(20)36)15-6-8-16(9-7-15)34(39)40/h1-11,19-21H,12H2,(H,31,35). The summed E-state index contributed by atoms with van der Waals surface area (Å²) in [6.07, 6.45) is -3.24. The number of hydrogen-bond donors (Lipinski definition) is 1. The Labute approximate surface area is 247 Å². The number of anilines is 2. The predicted octanol–water partition coefficient (Wildman–Crippen LogP) is 4.86. The molecule has 4 heterocycles. The fraction of sp³-hybridized carbons (Fsp3) is 0.185. The van der Waals surface area contributed by atoms with Gasteiger partial charge in [0.15, 0.2) is 0 Å². The molecule has 11 nitrogen and oxygen atoms in total. The van der Waals surface area contributed by atoms with E-state index in [0.29, 0.717) is 10.6 Å². The van der Waals surface area contributed by atoms with Crippen LogP contribution in [0.4, 0.5) is 30.2 Å². The Balaban J connectivity index is 1.34. The number of benzene rings is 2. The van der Waals surface area contributed by atoms with Crippen molar-refractivity contribution in [2.24, 2.45) is 5.92 Å². The third kappa shape index (κ3) is 5.01. The number of amides is 3. The Morgan fingerprint density at radius 2 is 1.79 bits per heavy atom. The van der Waals surface area contributed by atoms with Gasteiger partial charge in [-0.05, 0) is 42.5 Å². The monoisotopic (exact) mass is 630 g/mol. The molecule has 0 bridgehead atoms. The summed E-state index contributed by atoms with van der Waals surface area (Å²) < 4.78 is 46.1. The molecule has 2 aliphatic rings. The quantitative estimate of drug-likeness (QED) is 0.181. The van der Waals surface area contributed by atoms with Gasteiger partial charge >= 0.3 is 11.0 Å². The minimum absolute atomic E-state index is 0.117. The van der Waals surface area contributed by atoms with Crippen LogP contribution in [-0.2, 0) is 27.1 Å². The molecular weight excluding hydrogens is 613 g/mol. The summed E-state index contributed by atoms with van der Waals surface area (Å²) in [6.45, 7) is -0.565. The van der Waals surface area contributed by atoms with Gasteiger partial charge in [-0.25, -0.2) is 4.90 Å². The van der Waals surface area contributed by atoms with Crippen molar-refractivity contribution in [1.29, 1.82) is 0 Å². The number of aromatic nitrogens is 1. The molecule has 1 saturated heterocycles. The molecule has 0 spiro atoms. The first-order valence-electron chi connectivity index (χ1n) is 12.5. The lowest BCUT2D eigenvalue weighted by molar-refractivity contribution is -0.384. The van der Waals surface area contributed by atoms with E-state index >= 15 is 0 Å². The summed E-state index contributed by atoms with van der Waals surface area (Å²) in [5, 5.41) is 12.7. The molecule has 0 radical (unpaired) electrons. The van der Waals surface area contributed by atoms with Gasteiger partial charge in [-0.2, -0.15) is 13.2 Å². The molecule has 16 heteroatoms. The zero-order chi connectivity index (χ0) is 30.6. The number of nitro benzene ring substituents is 1. The molecule has 1 N–H and O–H groups in total. The predicted molar refractivity (Wildman–Crippen MR) is 148 cm³/mol. The van der Waals surface area contributed by atoms with E-state index in [1.807, 2.05) is 0 Å². The van der Waals surface area contributed by atoms with E-state index in [1.165, 1.54) is 36.6 Å². The van der Waals surface area contributed by atoms with Gasteiger partial charge in [-0.1, -0.05) is 29.2 Å². The zero-order valence-electron chi connectivity index (χ0n) is 21.4. The summed E-state index contributed by atoms with van der Waals surface area (Å²) in [4.78, 5) is 64.7. The van der Waals surface area contributed by atoms with Crippen LogP contribution in [0.3, 0.4) is 0 Å². The van der Waals surface area contributed by atoms with E-state index in [1.54, 1.807) is 12.1 Å². The van der Waals surface area contributed by atoms with Crippen LogP contribution in [0.25, 0.3) is 0 Å². The molecule has 43 heavy (non-hydrogen) atoms. The number of carbonyl (C=O) groups excluding carboxylic acids is 3. The van der Waals surface area contributed by atoms with Crippen LogP contribution in [0, 0.1) is 16.0 Å². The molecule has 2 aromatic carbocycles. The first-order valence-corrected chi connectivity index (χ1v) is 14.2. The van der Waals surface area contributed by atoms with Gasteiger partial charge in [0.05, 0.1) is 44.2 Å². The first-order chi connectivity index (χ1) is 20.4. The Morgan fingerprint density at radius 1 is 1.05 bits per heavy atom. The molecule has 2 aromatic heterocycles. The molecule has 6 rings (SSSR count). The maximum Gasteiger partial charge on any atom is 0.416 e. The molecule has 1 fully saturated rings. The number of non-ortho nitro benzene ring substituents is 1. The average Bonchev–Trinajstić information content (AvgIpc) is 3.66. The first kappa shape index (κ1) is 28.4. The molecule has 3 atom stereocenters. The van der Waals surface area contributed by atoms with E-state index in [-0.39, 0.29) is 22.1 Å². The summed E-state index contributed by atoms with van der Waals surface area (Å²) in [6, 6.07) is 12.2. The molecule has 0 saturated carbocycles. The van der Waals surface area contributed by atoms with Crippen LogP contribution in [0.15, 0.2) is 81.2 Å². The zero-order valence-corrected chi connectivity index (χ0v) is 23.1. The fourth-order valence-electron chi connectivity index (χ4n) is 5.13. The van der Waals surface area contributed by atoms with Crippen LogP contribution in [-0.4, -0.2) is 32.5 Å². The lowest BCUT2D eigenvalue weighted by Gasteiger charge is -2.29. The van der Waals surface area contributed by atoms with Gasteiger partial charge in [0, 0.05) is 17.8 Å². The van der Waals surface area contributed by atoms with Crippen LogP contribution in [0.5, 0.6) is 0 Å². The molecule has 4 aromatic rings. The van der Waals surface area contributed by atoms with Gasteiger partial charge in [0.1, 0.15) is 17.6 Å². The highest BCUT2D eigenvalue weighted by atomic mass is 32.2. The highest BCUT2D eigenvalue weighted by molar-refractivity contribution is 8.00. The van der Waals surface area contributed by atoms with Crippen molar-refractivity contribution < 1.29 is 36.9 Å². The lowest BCUT2D eigenvalue weighted by Crippen LogP contribution is -2.32. The van der Waals surface area contributed by atoms with Crippen LogP contribution in [0.1, 0.15) is 22.1 Å². The molecule has 2 aliphatic heterocycles. The maximum absolute atomic E-state index is 13.7. The average molecular weight is 631 g/mol. The maximum atomic E-state index is 13.7. The Hall–Kier alpha value is -4.70. The van der Waals surface area contributed by atoms with Crippen LogP contribution >= 0.6 is 23.1 Å². The van der Waals surface area contributed by atoms with Crippen molar-refractivity contribution in [3.05, 3.63) is 103 Å². The normalized spacial score (nSPS) is 19.7. The summed E-state index contributed by atoms with van der Waals surface area (Å²) in [5.74, 6) is -3.52. The van der Waals surface area contributed by atoms with Crippen molar-refractivity contribution in [3.8, 4) is 0 Å². The van der Waals surface area contributed by atoms with E-state index in [0.717, 1.165) is 50.8 Å². The number of thioether (sulfide) groups is 1. The number of hydrogen-bond acceptors (Lipinski definition) is 9. The number of imide groups is 1. The van der Waals surface area contributed by atoms with E-state index < -0.39 is 62.9 Å². The third-order valence-electron chi connectivity index (χ3n) is 6.99. The minimum Gasteiger partial charge on any atom is -0.469 e. The van der Waals surface area contributed by atoms with Gasteiger partial charge in [0.2, 0.25) is 17.7 Å². The Kier molecular flexibility index (Phi) is 6.96. The Morgan fingerprint density at radius 3 is 2.44 bits per heavy atom. The third-order valence-corrected chi connectivity index (χ3v) is 9.60. The number of nitrogens with zero attached hydrogens (tertiary/aromatic N) is 3. The van der Waals surface area contributed by atoms with Crippen molar-refractivity contribution in [1.82, 2.24) is 4.57 Å². The number of fused-ring (bicyclic) bond motifs is 2. The van der Waals surface area contributed by atoms with E-state index in [2.05, 4.69) is 5.32 Å². The number of furan rings is 1. The fourth-order valence-corrected chi connectivity index (χ4v) is 7.88. The number of nitrogens with one attached hydrogen (secondary N) is 1. The second-order valence-electron chi connectivity index (χ2n) is 9.59. The highest BCUT2D eigenvalue weighted by Gasteiger charge is 2.57. The lowest BCUT2D eigenvalue weighted by atomic mass is 9.87. The molecule has 220 valence electrons. The van der Waals surface area contributed by atoms with E-state index in [4.69, 9.17) is 4.42 Å². The number of thiazole rings is 1. The van der Waals surface area contributed by atoms with Gasteiger partial charge in [0.25, 0.3) is 5.69 Å². The van der Waals surface area contributed by atoms with Crippen molar-refractivity contribution in [3.63, 3.8) is 0 Å². The Bertz CT molecular complexity index is 1830. The number of halogens is 3. The second kappa shape index (κ2) is 10.5. The van der Waals surface area contributed by atoms with Crippen LogP contribution in [0.2, 0.25) is 0 Å². The summed E-state index contributed by atoms with van der Waals surface area (Å²) in [7, 11) is 0. The number of carbonyl (C=O) groups is 3. The van der Waals surface area contributed by atoms with Gasteiger partial charge in [-0.3, -0.25) is 33.9 Å². The largest absolute Gasteiger partial charge is 0.469 e. The molecule has 3 amide bonds. The topological polar surface area (TPSA) is 145 Å². The minimum atomic E-state index is -4.62. The van der Waals surface area contributed by atoms with Crippen molar-refractivity contribution in [2.75, 3.05) is 10.2 Å². The number of alkyl halides is 3. The van der Waals surface area contributed by atoms with Crippen molar-refractivity contribution in [2.45, 2.75) is 28.9 Å². The highest BCUT2D eigenvalue weighted by Crippen LogP contribution is 2.54. The molecule has 0 aliphatic carbocycles. The SMILES string of the molecule is O=C(Cn1c2c(sc1=O)C(c1ccco1)C1C(=O)N(c3ccc([N+](=O)[O-])cc3)C(=O)C1S2)Nc1cccc(C(F)(F)F)c1. The smallest absolute Gasteiger partial charge is 0.416 e. The summed E-state index contributed by atoms with van der Waals surface area (Å²) >= 11 is 1.70. The van der Waals surface area contributed by atoms with Crippen LogP contribution < -0.4 is 15.1 Å². The molecule has 3 unspecified atom stereocenters. The van der Waals surface area contributed by atoms with Gasteiger partial charge < -0.3 is 9.73 Å². The van der Waals surface area contributed by atoms with Gasteiger partial charge in [-0.15, -0.1) is 0 Å². The van der Waals surface area contributed by atoms with E-state index in [9.17, 15) is 42.5 Å². The molecular formula is C27H17F3N4O7S2. The van der Waals surface area contributed by atoms with Crippen molar-refractivity contribution >= 4 is 57.9 Å². The summed E-state index contributed by atoms with van der Waals surface area (Å²) in [5.41, 5.74) is -1.17. The second-order valence-corrected chi connectivity index (χ2v) is 11.7.